The first-order valence-electron chi connectivity index (χ1n) is 5.81. The highest BCUT2D eigenvalue weighted by Gasteiger charge is 2.18. The zero-order chi connectivity index (χ0) is 10.2. The molecule has 1 heteroatoms. The molecule has 0 heterocycles. The van der Waals surface area contributed by atoms with E-state index in [1.54, 1.807) is 0 Å². The number of rotatable bonds is 8. The summed E-state index contributed by atoms with van der Waals surface area (Å²) in [6, 6.07) is 0. The third-order valence-corrected chi connectivity index (χ3v) is 3.40. The van der Waals surface area contributed by atoms with Gasteiger partial charge in [-0.3, -0.25) is 0 Å². The molecule has 0 aliphatic heterocycles. The summed E-state index contributed by atoms with van der Waals surface area (Å²) < 4.78 is 0.414. The summed E-state index contributed by atoms with van der Waals surface area (Å²) in [6.07, 6.45) is 10.9. The monoisotopic (exact) mass is 248 g/mol. The van der Waals surface area contributed by atoms with Gasteiger partial charge in [-0.25, -0.2) is 0 Å². The van der Waals surface area contributed by atoms with Crippen LogP contribution in [-0.2, 0) is 0 Å². The van der Waals surface area contributed by atoms with E-state index in [9.17, 15) is 0 Å². The molecule has 0 atom stereocenters. The van der Waals surface area contributed by atoms with Crippen molar-refractivity contribution < 1.29 is 0 Å². The van der Waals surface area contributed by atoms with E-state index < -0.39 is 0 Å². The van der Waals surface area contributed by atoms with Crippen LogP contribution in [0.15, 0.2) is 0 Å². The van der Waals surface area contributed by atoms with Crippen LogP contribution in [0.5, 0.6) is 0 Å². The minimum Gasteiger partial charge on any atom is -0.0856 e. The Morgan fingerprint density at radius 2 is 1.23 bits per heavy atom. The fourth-order valence-corrected chi connectivity index (χ4v) is 2.17. The highest BCUT2D eigenvalue weighted by atomic mass is 79.9. The van der Waals surface area contributed by atoms with Crippen LogP contribution < -0.4 is 0 Å². The van der Waals surface area contributed by atoms with E-state index in [1.165, 1.54) is 51.4 Å². The van der Waals surface area contributed by atoms with E-state index >= 15 is 0 Å². The molecule has 0 nitrogen and oxygen atoms in total. The third kappa shape index (κ3) is 8.80. The SMILES string of the molecule is CCCCCC(C)(Br)CCCCC. The zero-order valence-electron chi connectivity index (χ0n) is 9.53. The molecule has 0 aliphatic rings. The van der Waals surface area contributed by atoms with Gasteiger partial charge in [-0.1, -0.05) is 68.3 Å². The average molecular weight is 249 g/mol. The lowest BCUT2D eigenvalue weighted by Gasteiger charge is -2.22. The Balaban J connectivity index is 3.42. The van der Waals surface area contributed by atoms with Gasteiger partial charge in [-0.2, -0.15) is 0 Å². The molecule has 0 spiro atoms. The summed E-state index contributed by atoms with van der Waals surface area (Å²) >= 11 is 3.84. The molecule has 0 bridgehead atoms. The van der Waals surface area contributed by atoms with Crippen molar-refractivity contribution in [2.24, 2.45) is 0 Å². The molecule has 13 heavy (non-hydrogen) atoms. The highest BCUT2D eigenvalue weighted by Crippen LogP contribution is 2.30. The molecular weight excluding hydrogens is 224 g/mol. The van der Waals surface area contributed by atoms with E-state index in [1.807, 2.05) is 0 Å². The molecule has 0 aromatic rings. The lowest BCUT2D eigenvalue weighted by atomic mass is 9.97. The zero-order valence-corrected chi connectivity index (χ0v) is 11.1. The Hall–Kier alpha value is 0.480. The molecule has 80 valence electrons. The van der Waals surface area contributed by atoms with Crippen LogP contribution in [0.2, 0.25) is 0 Å². The molecule has 0 fully saturated rings. The van der Waals surface area contributed by atoms with Crippen molar-refractivity contribution in [3.63, 3.8) is 0 Å². The number of unbranched alkanes of at least 4 members (excludes halogenated alkanes) is 4. The number of hydrogen-bond donors (Lipinski definition) is 0. The molecule has 0 amide bonds. The van der Waals surface area contributed by atoms with Crippen LogP contribution in [0.25, 0.3) is 0 Å². The summed E-state index contributed by atoms with van der Waals surface area (Å²) in [5, 5.41) is 0. The topological polar surface area (TPSA) is 0 Å². The largest absolute Gasteiger partial charge is 0.0856 e. The van der Waals surface area contributed by atoms with E-state index in [4.69, 9.17) is 0 Å². The van der Waals surface area contributed by atoms with Crippen molar-refractivity contribution in [2.45, 2.75) is 76.5 Å². The Bertz CT molecular complexity index is 95.7. The second kappa shape index (κ2) is 7.84. The fourth-order valence-electron chi connectivity index (χ4n) is 1.61. The molecule has 0 aromatic carbocycles. The van der Waals surface area contributed by atoms with Crippen LogP contribution >= 0.6 is 15.9 Å². The van der Waals surface area contributed by atoms with Crippen molar-refractivity contribution in [1.29, 1.82) is 0 Å². The summed E-state index contributed by atoms with van der Waals surface area (Å²) in [5.41, 5.74) is 0. The van der Waals surface area contributed by atoms with Gasteiger partial charge >= 0.3 is 0 Å². The van der Waals surface area contributed by atoms with Gasteiger partial charge in [-0.05, 0) is 19.8 Å². The van der Waals surface area contributed by atoms with Gasteiger partial charge in [0.25, 0.3) is 0 Å². The second-order valence-corrected chi connectivity index (χ2v) is 6.24. The van der Waals surface area contributed by atoms with Crippen LogP contribution in [0.4, 0.5) is 0 Å². The minimum atomic E-state index is 0.414. The van der Waals surface area contributed by atoms with Gasteiger partial charge in [0.2, 0.25) is 0 Å². The van der Waals surface area contributed by atoms with Crippen molar-refractivity contribution >= 4 is 15.9 Å². The number of halogens is 1. The average Bonchev–Trinajstić information content (AvgIpc) is 2.05. The standard InChI is InChI=1S/C12H25Br/c1-4-6-8-10-12(3,13)11-9-7-5-2/h4-11H2,1-3H3. The molecular formula is C12H25Br. The Kier molecular flexibility index (Phi) is 8.13. The van der Waals surface area contributed by atoms with Gasteiger partial charge in [0.1, 0.15) is 0 Å². The normalized spacial score (nSPS) is 12.0. The van der Waals surface area contributed by atoms with Crippen molar-refractivity contribution in [3.05, 3.63) is 0 Å². The number of hydrogen-bond acceptors (Lipinski definition) is 0. The summed E-state index contributed by atoms with van der Waals surface area (Å²) in [4.78, 5) is 0. The maximum absolute atomic E-state index is 3.84. The smallest absolute Gasteiger partial charge is 0.0229 e. The molecule has 0 aliphatic carbocycles. The maximum atomic E-state index is 3.84. The molecule has 0 N–H and O–H groups in total. The summed E-state index contributed by atoms with van der Waals surface area (Å²) in [7, 11) is 0. The Morgan fingerprint density at radius 3 is 1.54 bits per heavy atom. The maximum Gasteiger partial charge on any atom is 0.0229 e. The molecule has 0 aromatic heterocycles. The first kappa shape index (κ1) is 13.5. The van der Waals surface area contributed by atoms with Crippen LogP contribution in [-0.4, -0.2) is 4.32 Å². The lowest BCUT2D eigenvalue weighted by Crippen LogP contribution is -2.15. The van der Waals surface area contributed by atoms with Crippen molar-refractivity contribution in [3.8, 4) is 0 Å². The summed E-state index contributed by atoms with van der Waals surface area (Å²) in [5.74, 6) is 0. The molecule has 0 rings (SSSR count). The molecule has 0 radical (unpaired) electrons. The molecule has 0 saturated heterocycles. The van der Waals surface area contributed by atoms with Crippen LogP contribution in [0, 0.1) is 0 Å². The van der Waals surface area contributed by atoms with Gasteiger partial charge < -0.3 is 0 Å². The molecule has 0 saturated carbocycles. The first-order valence-corrected chi connectivity index (χ1v) is 6.60. The van der Waals surface area contributed by atoms with Gasteiger partial charge in [-0.15, -0.1) is 0 Å². The third-order valence-electron chi connectivity index (χ3n) is 2.60. The molecule has 0 unspecified atom stereocenters. The van der Waals surface area contributed by atoms with E-state index in [-0.39, 0.29) is 0 Å². The van der Waals surface area contributed by atoms with E-state index in [2.05, 4.69) is 36.7 Å². The second-order valence-electron chi connectivity index (χ2n) is 4.33. The van der Waals surface area contributed by atoms with Gasteiger partial charge in [0.15, 0.2) is 0 Å². The summed E-state index contributed by atoms with van der Waals surface area (Å²) in [6.45, 7) is 6.88. The van der Waals surface area contributed by atoms with Crippen LogP contribution in [0.1, 0.15) is 72.1 Å². The van der Waals surface area contributed by atoms with E-state index in [0.717, 1.165) is 0 Å². The predicted octanol–water partition coefficient (Wildman–Crippen LogP) is 5.30. The quantitative estimate of drug-likeness (QED) is 0.404. The van der Waals surface area contributed by atoms with Crippen molar-refractivity contribution in [2.75, 3.05) is 0 Å². The number of alkyl halides is 1. The minimum absolute atomic E-state index is 0.414. The van der Waals surface area contributed by atoms with Gasteiger partial charge in [0, 0.05) is 4.32 Å². The van der Waals surface area contributed by atoms with E-state index in [0.29, 0.717) is 4.32 Å². The lowest BCUT2D eigenvalue weighted by molar-refractivity contribution is 0.491. The predicted molar refractivity (Wildman–Crippen MR) is 65.6 cm³/mol. The first-order chi connectivity index (χ1) is 6.12. The fraction of sp³-hybridized carbons (Fsp3) is 1.00. The van der Waals surface area contributed by atoms with Crippen LogP contribution in [0.3, 0.4) is 0 Å². The Morgan fingerprint density at radius 1 is 0.846 bits per heavy atom. The Labute approximate surface area is 92.6 Å². The highest BCUT2D eigenvalue weighted by molar-refractivity contribution is 9.10. The van der Waals surface area contributed by atoms with Crippen molar-refractivity contribution in [1.82, 2.24) is 0 Å². The van der Waals surface area contributed by atoms with Gasteiger partial charge in [0.05, 0.1) is 0 Å².